The van der Waals surface area contributed by atoms with Gasteiger partial charge in [0.15, 0.2) is 0 Å². The van der Waals surface area contributed by atoms with E-state index in [1.54, 1.807) is 0 Å². The van der Waals surface area contributed by atoms with Crippen molar-refractivity contribution in [3.63, 3.8) is 0 Å². The second-order valence-electron chi connectivity index (χ2n) is 6.13. The highest BCUT2D eigenvalue weighted by atomic mass is 16.5. The second-order valence-corrected chi connectivity index (χ2v) is 6.13. The van der Waals surface area contributed by atoms with Crippen LogP contribution in [-0.4, -0.2) is 6.10 Å². The number of hydrogen-bond donors (Lipinski definition) is 0. The van der Waals surface area contributed by atoms with Gasteiger partial charge in [-0.2, -0.15) is 0 Å². The average Bonchev–Trinajstić information content (AvgIpc) is 2.48. The Labute approximate surface area is 131 Å². The van der Waals surface area contributed by atoms with Crippen molar-refractivity contribution in [1.82, 2.24) is 0 Å². The van der Waals surface area contributed by atoms with Crippen molar-refractivity contribution in [2.75, 3.05) is 0 Å². The van der Waals surface area contributed by atoms with Gasteiger partial charge >= 0.3 is 0 Å². The van der Waals surface area contributed by atoms with E-state index in [0.29, 0.717) is 6.10 Å². The molecule has 0 aliphatic heterocycles. The Hall–Kier alpha value is -1.24. The lowest BCUT2D eigenvalue weighted by atomic mass is 9.82. The van der Waals surface area contributed by atoms with Crippen LogP contribution >= 0.6 is 0 Å². The van der Waals surface area contributed by atoms with Gasteiger partial charge in [-0.1, -0.05) is 59.4 Å². The molecule has 1 saturated carbocycles. The van der Waals surface area contributed by atoms with Crippen LogP contribution in [0.1, 0.15) is 65.0 Å². The van der Waals surface area contributed by atoms with Crippen LogP contribution in [0, 0.1) is 11.8 Å². The fraction of sp³-hybridized carbons (Fsp3) is 0.600. The molecule has 1 aromatic rings. The third kappa shape index (κ3) is 5.57. The Morgan fingerprint density at radius 1 is 1.14 bits per heavy atom. The molecule has 21 heavy (non-hydrogen) atoms. The molecule has 2 unspecified atom stereocenters. The van der Waals surface area contributed by atoms with Gasteiger partial charge in [-0.05, 0) is 49.1 Å². The first kappa shape index (κ1) is 17.8. The molecular formula is C20H32O. The van der Waals surface area contributed by atoms with E-state index in [4.69, 9.17) is 4.74 Å². The van der Waals surface area contributed by atoms with Gasteiger partial charge in [-0.3, -0.25) is 0 Å². The van der Waals surface area contributed by atoms with E-state index in [1.165, 1.54) is 12.0 Å². The Morgan fingerprint density at radius 2 is 1.76 bits per heavy atom. The number of ether oxygens (including phenoxy) is 1. The van der Waals surface area contributed by atoms with Gasteiger partial charge in [0.2, 0.25) is 0 Å². The van der Waals surface area contributed by atoms with Crippen molar-refractivity contribution in [3.05, 3.63) is 42.0 Å². The van der Waals surface area contributed by atoms with E-state index in [0.717, 1.165) is 42.4 Å². The van der Waals surface area contributed by atoms with Gasteiger partial charge in [-0.25, -0.2) is 0 Å². The zero-order chi connectivity index (χ0) is 15.8. The first-order valence-corrected chi connectivity index (χ1v) is 8.53. The number of aryl methyl sites for hydroxylation is 1. The number of hydrogen-bond acceptors (Lipinski definition) is 1. The molecule has 0 radical (unpaired) electrons. The third-order valence-electron chi connectivity index (χ3n) is 4.10. The van der Waals surface area contributed by atoms with Crippen LogP contribution in [0.3, 0.4) is 0 Å². The van der Waals surface area contributed by atoms with Gasteiger partial charge in [0.05, 0.1) is 6.10 Å². The molecule has 1 aliphatic carbocycles. The van der Waals surface area contributed by atoms with Gasteiger partial charge in [0, 0.05) is 5.56 Å². The predicted molar refractivity (Wildman–Crippen MR) is 93.3 cm³/mol. The summed E-state index contributed by atoms with van der Waals surface area (Å²) in [6.07, 6.45) is 5.06. The van der Waals surface area contributed by atoms with E-state index in [1.807, 2.05) is 13.8 Å². The Kier molecular flexibility index (Phi) is 7.56. The molecule has 0 aromatic heterocycles. The molecule has 0 N–H and O–H groups in total. The summed E-state index contributed by atoms with van der Waals surface area (Å²) in [5.41, 5.74) is 2.47. The van der Waals surface area contributed by atoms with Gasteiger partial charge < -0.3 is 4.74 Å². The van der Waals surface area contributed by atoms with Crippen molar-refractivity contribution in [2.45, 2.75) is 66.4 Å². The van der Waals surface area contributed by atoms with Crippen molar-refractivity contribution >= 4 is 5.76 Å². The van der Waals surface area contributed by atoms with Gasteiger partial charge in [0.25, 0.3) is 0 Å². The molecule has 0 amide bonds. The minimum absolute atomic E-state index is 0.344. The van der Waals surface area contributed by atoms with Crippen molar-refractivity contribution in [3.8, 4) is 0 Å². The molecule has 1 aromatic carbocycles. The quantitative estimate of drug-likeness (QED) is 0.609. The Balaban J connectivity index is 0.00000106. The highest BCUT2D eigenvalue weighted by molar-refractivity contribution is 5.58. The molecular weight excluding hydrogens is 256 g/mol. The maximum atomic E-state index is 6.12. The highest BCUT2D eigenvalue weighted by Gasteiger charge is 2.25. The number of rotatable bonds is 4. The molecule has 0 spiro atoms. The Bertz CT molecular complexity index is 425. The summed E-state index contributed by atoms with van der Waals surface area (Å²) >= 11 is 0. The summed E-state index contributed by atoms with van der Waals surface area (Å²) in [7, 11) is 0. The summed E-state index contributed by atoms with van der Waals surface area (Å²) in [6, 6.07) is 8.53. The number of benzene rings is 1. The molecule has 0 saturated heterocycles. The lowest BCUT2D eigenvalue weighted by Gasteiger charge is -2.32. The standard InChI is InChI=1S/C18H26O.C2H6/c1-5-16-7-6-8-17(12-16)15(4)19-18-10-13(2)9-14(3)11-18;1-2/h6-8,12-14,18H,4-5,9-11H2,1-3H3;1-2H3. The molecule has 1 aliphatic rings. The van der Waals surface area contributed by atoms with Crippen LogP contribution in [0.4, 0.5) is 0 Å². The zero-order valence-electron chi connectivity index (χ0n) is 14.5. The fourth-order valence-electron chi connectivity index (χ4n) is 3.20. The Morgan fingerprint density at radius 3 is 2.33 bits per heavy atom. The lowest BCUT2D eigenvalue weighted by molar-refractivity contribution is 0.0783. The monoisotopic (exact) mass is 288 g/mol. The van der Waals surface area contributed by atoms with E-state index < -0.39 is 0 Å². The fourth-order valence-corrected chi connectivity index (χ4v) is 3.20. The topological polar surface area (TPSA) is 9.23 Å². The first-order valence-electron chi connectivity index (χ1n) is 8.53. The summed E-state index contributed by atoms with van der Waals surface area (Å²) in [5.74, 6) is 2.37. The maximum absolute atomic E-state index is 6.12. The largest absolute Gasteiger partial charge is 0.490 e. The summed E-state index contributed by atoms with van der Waals surface area (Å²) in [5, 5.41) is 0. The van der Waals surface area contributed by atoms with Crippen molar-refractivity contribution in [1.29, 1.82) is 0 Å². The third-order valence-corrected chi connectivity index (χ3v) is 4.10. The average molecular weight is 288 g/mol. The van der Waals surface area contributed by atoms with E-state index in [9.17, 15) is 0 Å². The molecule has 2 atom stereocenters. The molecule has 0 bridgehead atoms. The van der Waals surface area contributed by atoms with Crippen LogP contribution in [-0.2, 0) is 11.2 Å². The molecule has 0 heterocycles. The normalized spacial score (nSPS) is 24.7. The minimum atomic E-state index is 0.344. The predicted octanol–water partition coefficient (Wildman–Crippen LogP) is 6.09. The summed E-state index contributed by atoms with van der Waals surface area (Å²) in [4.78, 5) is 0. The zero-order valence-corrected chi connectivity index (χ0v) is 14.5. The summed E-state index contributed by atoms with van der Waals surface area (Å²) < 4.78 is 6.12. The molecule has 118 valence electrons. The minimum Gasteiger partial charge on any atom is -0.490 e. The van der Waals surface area contributed by atoms with E-state index in [2.05, 4.69) is 51.6 Å². The molecule has 1 heteroatoms. The molecule has 1 nitrogen and oxygen atoms in total. The van der Waals surface area contributed by atoms with Crippen LogP contribution in [0.15, 0.2) is 30.8 Å². The van der Waals surface area contributed by atoms with E-state index >= 15 is 0 Å². The maximum Gasteiger partial charge on any atom is 0.119 e. The van der Waals surface area contributed by atoms with Crippen LogP contribution in [0.25, 0.3) is 5.76 Å². The van der Waals surface area contributed by atoms with Gasteiger partial charge in [0.1, 0.15) is 5.76 Å². The van der Waals surface area contributed by atoms with Crippen molar-refractivity contribution in [2.24, 2.45) is 11.8 Å². The lowest BCUT2D eigenvalue weighted by Crippen LogP contribution is -2.25. The van der Waals surface area contributed by atoms with Crippen LogP contribution in [0.2, 0.25) is 0 Å². The first-order chi connectivity index (χ1) is 10.1. The summed E-state index contributed by atoms with van der Waals surface area (Å²) in [6.45, 7) is 14.9. The van der Waals surface area contributed by atoms with Crippen LogP contribution < -0.4 is 0 Å². The van der Waals surface area contributed by atoms with Gasteiger partial charge in [-0.15, -0.1) is 0 Å². The van der Waals surface area contributed by atoms with Crippen LogP contribution in [0.5, 0.6) is 0 Å². The molecule has 1 fully saturated rings. The smallest absolute Gasteiger partial charge is 0.119 e. The second kappa shape index (κ2) is 8.92. The SMILES string of the molecule is C=C(OC1CC(C)CC(C)C1)c1cccc(CC)c1.CC. The molecule has 2 rings (SSSR count). The van der Waals surface area contributed by atoms with Crippen molar-refractivity contribution < 1.29 is 4.74 Å². The van der Waals surface area contributed by atoms with E-state index in [-0.39, 0.29) is 0 Å². The highest BCUT2D eigenvalue weighted by Crippen LogP contribution is 2.32.